The van der Waals surface area contributed by atoms with Crippen LogP contribution in [-0.2, 0) is 16.2 Å². The molecule has 8 aromatic rings. The smallest absolute Gasteiger partial charge is 0.0726 e. The van der Waals surface area contributed by atoms with Crippen LogP contribution in [-0.4, -0.2) is 0 Å². The molecule has 1 spiro atoms. The van der Waals surface area contributed by atoms with Crippen molar-refractivity contribution >= 4 is 17.1 Å². The van der Waals surface area contributed by atoms with E-state index in [4.69, 9.17) is 0 Å². The largest absolute Gasteiger partial charge is 0.310 e. The van der Waals surface area contributed by atoms with Gasteiger partial charge in [0.15, 0.2) is 0 Å². The van der Waals surface area contributed by atoms with Crippen molar-refractivity contribution in [2.45, 2.75) is 132 Å². The molecule has 0 saturated heterocycles. The standard InChI is InChI=1S/C73H65N/c1-71(2)62-16-9-7-14-54(62)70-64(71)18-11-19-69(70)74(48-20-22-52-50-12-5-8-15-61(50)72(3,4)65(52)34-48)49-21-23-53-51-13-6-10-17-63(51)73(66(53)35-49)67-38-57-46-30-40-24-41(31-46)27-44(26-40)55(57)36-59(67)60-37-56-45-28-42-25-43(29-45)33-47(32-42)58(56)39-68(60)73/h5-23,34-47H,24-33H2,1-4H3. The summed E-state index contributed by atoms with van der Waals surface area (Å²) in [5.41, 5.74) is 33.1. The van der Waals surface area contributed by atoms with Gasteiger partial charge in [0.05, 0.1) is 11.1 Å². The van der Waals surface area contributed by atoms with Gasteiger partial charge >= 0.3 is 0 Å². The average molecular weight is 956 g/mol. The van der Waals surface area contributed by atoms with Crippen LogP contribution in [0.15, 0.2) is 152 Å². The molecule has 20 rings (SSSR count). The molecular formula is C73H65N. The molecule has 0 aliphatic heterocycles. The zero-order valence-corrected chi connectivity index (χ0v) is 43.6. The molecule has 12 aliphatic rings. The van der Waals surface area contributed by atoms with Crippen molar-refractivity contribution in [1.82, 2.24) is 0 Å². The topological polar surface area (TPSA) is 3.24 Å². The highest BCUT2D eigenvalue weighted by Crippen LogP contribution is 2.68. The molecule has 4 fully saturated rings. The Morgan fingerprint density at radius 1 is 0.311 bits per heavy atom. The van der Waals surface area contributed by atoms with Gasteiger partial charge in [0.2, 0.25) is 0 Å². The minimum absolute atomic E-state index is 0.121. The molecule has 1 heteroatoms. The Morgan fingerprint density at radius 2 is 0.703 bits per heavy atom. The lowest BCUT2D eigenvalue weighted by Gasteiger charge is -2.38. The predicted molar refractivity (Wildman–Crippen MR) is 304 cm³/mol. The second-order valence-electron chi connectivity index (χ2n) is 26.8. The van der Waals surface area contributed by atoms with Crippen LogP contribution >= 0.6 is 0 Å². The molecule has 0 aromatic heterocycles. The number of fused-ring (bicyclic) bond motifs is 16. The first kappa shape index (κ1) is 41.9. The van der Waals surface area contributed by atoms with E-state index in [0.717, 1.165) is 23.7 Å². The highest BCUT2D eigenvalue weighted by Gasteiger charge is 2.55. The van der Waals surface area contributed by atoms with Crippen LogP contribution in [0.1, 0.15) is 182 Å². The van der Waals surface area contributed by atoms with E-state index in [9.17, 15) is 0 Å². The summed E-state index contributed by atoms with van der Waals surface area (Å²) in [6.07, 6.45) is 14.1. The van der Waals surface area contributed by atoms with E-state index in [2.05, 4.69) is 184 Å². The molecular weight excluding hydrogens is 891 g/mol. The minimum Gasteiger partial charge on any atom is -0.310 e. The van der Waals surface area contributed by atoms with Gasteiger partial charge in [-0.15, -0.1) is 0 Å². The highest BCUT2D eigenvalue weighted by atomic mass is 15.1. The Labute approximate surface area is 438 Å². The Hall–Kier alpha value is -6.44. The highest BCUT2D eigenvalue weighted by molar-refractivity contribution is 6.00. The molecule has 0 heterocycles. The quantitative estimate of drug-likeness (QED) is 0.171. The molecule has 0 radical (unpaired) electrons. The van der Waals surface area contributed by atoms with Crippen molar-refractivity contribution in [3.63, 3.8) is 0 Å². The van der Waals surface area contributed by atoms with Crippen molar-refractivity contribution < 1.29 is 0 Å². The van der Waals surface area contributed by atoms with E-state index >= 15 is 0 Å². The lowest BCUT2D eigenvalue weighted by Crippen LogP contribution is -2.27. The first-order valence-electron chi connectivity index (χ1n) is 29.0. The summed E-state index contributed by atoms with van der Waals surface area (Å²) in [7, 11) is 0. The van der Waals surface area contributed by atoms with Crippen molar-refractivity contribution in [2.75, 3.05) is 4.90 Å². The van der Waals surface area contributed by atoms with E-state index in [1.165, 1.54) is 148 Å². The van der Waals surface area contributed by atoms with E-state index in [0.29, 0.717) is 23.7 Å². The summed E-state index contributed by atoms with van der Waals surface area (Å²) in [5, 5.41) is 0. The van der Waals surface area contributed by atoms with Crippen molar-refractivity contribution in [3.05, 3.63) is 218 Å². The molecule has 362 valence electrons. The summed E-state index contributed by atoms with van der Waals surface area (Å²) in [6, 6.07) is 61.9. The van der Waals surface area contributed by atoms with Crippen LogP contribution in [0.5, 0.6) is 0 Å². The Morgan fingerprint density at radius 3 is 1.26 bits per heavy atom. The number of rotatable bonds is 3. The predicted octanol–water partition coefficient (Wildman–Crippen LogP) is 18.9. The molecule has 0 N–H and O–H groups in total. The Kier molecular flexibility index (Phi) is 7.96. The van der Waals surface area contributed by atoms with Gasteiger partial charge in [-0.05, 0) is 248 Å². The molecule has 0 amide bonds. The molecule has 4 unspecified atom stereocenters. The molecule has 8 aromatic carbocycles. The third-order valence-corrected chi connectivity index (χ3v) is 22.5. The normalized spacial score (nSPS) is 28.8. The van der Waals surface area contributed by atoms with Crippen molar-refractivity contribution in [2.24, 2.45) is 23.7 Å². The maximum atomic E-state index is 2.87. The monoisotopic (exact) mass is 956 g/mol. The second-order valence-corrected chi connectivity index (χ2v) is 26.8. The van der Waals surface area contributed by atoms with Crippen LogP contribution < -0.4 is 4.90 Å². The van der Waals surface area contributed by atoms with Crippen LogP contribution in [0.2, 0.25) is 0 Å². The zero-order chi connectivity index (χ0) is 48.7. The van der Waals surface area contributed by atoms with Gasteiger partial charge in [-0.25, -0.2) is 0 Å². The number of hydrogen-bond donors (Lipinski definition) is 0. The molecule has 4 saturated carbocycles. The average Bonchev–Trinajstić information content (AvgIpc) is 4.14. The van der Waals surface area contributed by atoms with Gasteiger partial charge in [-0.1, -0.05) is 149 Å². The summed E-state index contributed by atoms with van der Waals surface area (Å²) in [4.78, 5) is 2.68. The first-order chi connectivity index (χ1) is 36.1. The maximum Gasteiger partial charge on any atom is 0.0726 e. The van der Waals surface area contributed by atoms with Gasteiger partial charge in [0, 0.05) is 27.8 Å². The minimum atomic E-state index is -0.427. The second kappa shape index (κ2) is 14.1. The first-order valence-corrected chi connectivity index (χ1v) is 29.0. The SMILES string of the molecule is CC1(C)c2ccccc2-c2ccc(N(c3ccc4c(c3)C3(c5ccccc5-4)c4cc5c(cc4-c4cc6c(cc43)C3CC4CC(CC6C4)C3)C3CC4CC(C3)CC5C4)c3cccc4c3-c3ccccc3C4(C)C)cc21. The lowest BCUT2D eigenvalue weighted by atomic mass is 9.66. The van der Waals surface area contributed by atoms with Gasteiger partial charge < -0.3 is 4.90 Å². The van der Waals surface area contributed by atoms with E-state index in [-0.39, 0.29) is 10.8 Å². The van der Waals surface area contributed by atoms with Crippen LogP contribution in [0.3, 0.4) is 0 Å². The summed E-state index contributed by atoms with van der Waals surface area (Å²) >= 11 is 0. The van der Waals surface area contributed by atoms with Gasteiger partial charge in [0.25, 0.3) is 0 Å². The third-order valence-electron chi connectivity index (χ3n) is 22.5. The van der Waals surface area contributed by atoms with Crippen LogP contribution in [0.4, 0.5) is 17.1 Å². The van der Waals surface area contributed by atoms with Crippen molar-refractivity contribution in [3.8, 4) is 44.5 Å². The fraction of sp³-hybridized carbons (Fsp3) is 0.342. The molecule has 4 atom stereocenters. The summed E-state index contributed by atoms with van der Waals surface area (Å²) in [6.45, 7) is 9.74. The Balaban J connectivity index is 0.924. The maximum absolute atomic E-state index is 2.87. The number of benzene rings is 8. The van der Waals surface area contributed by atoms with E-state index in [1.54, 1.807) is 44.5 Å². The fourth-order valence-electron chi connectivity index (χ4n) is 19.8. The fourth-order valence-corrected chi connectivity index (χ4v) is 19.8. The lowest BCUT2D eigenvalue weighted by molar-refractivity contribution is 0.165. The van der Waals surface area contributed by atoms with Crippen LogP contribution in [0.25, 0.3) is 44.5 Å². The molecule has 74 heavy (non-hydrogen) atoms. The number of hydrogen-bond acceptors (Lipinski definition) is 1. The number of anilines is 3. The van der Waals surface area contributed by atoms with Gasteiger partial charge in [-0.3, -0.25) is 0 Å². The molecule has 1 nitrogen and oxygen atoms in total. The summed E-state index contributed by atoms with van der Waals surface area (Å²) in [5.74, 6) is 6.32. The number of nitrogens with zero attached hydrogens (tertiary/aromatic N) is 1. The molecule has 8 bridgehead atoms. The van der Waals surface area contributed by atoms with Gasteiger partial charge in [-0.2, -0.15) is 0 Å². The van der Waals surface area contributed by atoms with E-state index < -0.39 is 5.41 Å². The van der Waals surface area contributed by atoms with Gasteiger partial charge in [0.1, 0.15) is 0 Å². The van der Waals surface area contributed by atoms with Crippen LogP contribution in [0, 0.1) is 23.7 Å². The molecule has 12 aliphatic carbocycles. The van der Waals surface area contributed by atoms with E-state index in [1.807, 2.05) is 0 Å². The zero-order valence-electron chi connectivity index (χ0n) is 43.6. The third kappa shape index (κ3) is 5.14. The Bertz CT molecular complexity index is 3720. The summed E-state index contributed by atoms with van der Waals surface area (Å²) < 4.78 is 0. The van der Waals surface area contributed by atoms with Crippen molar-refractivity contribution in [1.29, 1.82) is 0 Å².